The first-order valence-electron chi connectivity index (χ1n) is 13.9. The number of Topliss-reactive ketones (excluding diaryl/α,β-unsaturated/α-hetero) is 1. The summed E-state index contributed by atoms with van der Waals surface area (Å²) in [5.41, 5.74) is 5.22. The molecule has 1 N–H and O–H groups in total. The summed E-state index contributed by atoms with van der Waals surface area (Å²) < 4.78 is 8.26. The number of carbonyl (C=O) groups is 2. The summed E-state index contributed by atoms with van der Waals surface area (Å²) >= 11 is 2.72. The highest BCUT2D eigenvalue weighted by Crippen LogP contribution is 2.45. The summed E-state index contributed by atoms with van der Waals surface area (Å²) in [5.74, 6) is -0.793. The normalized spacial score (nSPS) is 16.2. The van der Waals surface area contributed by atoms with Crippen LogP contribution < -0.4 is 9.64 Å². The number of benzene rings is 2. The molecule has 3 aromatic heterocycles. The molecule has 11 heteroatoms. The molecule has 4 heterocycles. The average Bonchev–Trinajstić information content (AvgIpc) is 3.71. The summed E-state index contributed by atoms with van der Waals surface area (Å²) in [5, 5.41) is 20.6. The molecule has 1 aliphatic heterocycles. The van der Waals surface area contributed by atoms with Gasteiger partial charge in [0.2, 0.25) is 5.13 Å². The second kappa shape index (κ2) is 12.1. The smallest absolute Gasteiger partial charge is 0.301 e. The lowest BCUT2D eigenvalue weighted by atomic mass is 9.96. The minimum absolute atomic E-state index is 0.0795. The molecule has 1 fully saturated rings. The molecule has 1 unspecified atom stereocenters. The van der Waals surface area contributed by atoms with Gasteiger partial charge in [0.1, 0.15) is 23.7 Å². The molecule has 222 valence electrons. The zero-order valence-electron chi connectivity index (χ0n) is 24.4. The number of fused-ring (bicyclic) bond motifs is 1. The van der Waals surface area contributed by atoms with Crippen molar-refractivity contribution in [2.45, 2.75) is 36.9 Å². The van der Waals surface area contributed by atoms with Crippen molar-refractivity contribution in [3.05, 3.63) is 119 Å². The lowest BCUT2D eigenvalue weighted by molar-refractivity contribution is -0.132. The highest BCUT2D eigenvalue weighted by molar-refractivity contribution is 8.00. The van der Waals surface area contributed by atoms with Crippen LogP contribution in [0.2, 0.25) is 0 Å². The lowest BCUT2D eigenvalue weighted by Gasteiger charge is -2.22. The van der Waals surface area contributed by atoms with Crippen LogP contribution in [0.25, 0.3) is 11.4 Å². The van der Waals surface area contributed by atoms with Gasteiger partial charge in [0.25, 0.3) is 5.78 Å². The monoisotopic (exact) mass is 623 g/mol. The van der Waals surface area contributed by atoms with E-state index in [-0.39, 0.29) is 28.8 Å². The minimum atomic E-state index is -0.990. The number of aliphatic hydroxyl groups is 1. The first kappa shape index (κ1) is 29.3. The van der Waals surface area contributed by atoms with E-state index in [0.717, 1.165) is 11.1 Å². The molecule has 1 atom stereocenters. The van der Waals surface area contributed by atoms with Crippen LogP contribution in [-0.2, 0) is 15.3 Å². The molecule has 0 bridgehead atoms. The summed E-state index contributed by atoms with van der Waals surface area (Å²) in [6.45, 7) is 9.75. The maximum atomic E-state index is 13.7. The maximum absolute atomic E-state index is 13.7. The zero-order chi connectivity index (χ0) is 31.0. The Morgan fingerprint density at radius 2 is 1.89 bits per heavy atom. The Morgan fingerprint density at radius 3 is 2.64 bits per heavy atom. The Bertz CT molecular complexity index is 1940. The van der Waals surface area contributed by atoms with Gasteiger partial charge in [-0.25, -0.2) is 4.98 Å². The van der Waals surface area contributed by atoms with Gasteiger partial charge in [-0.15, -0.1) is 10.2 Å². The van der Waals surface area contributed by atoms with Crippen molar-refractivity contribution in [2.24, 2.45) is 0 Å². The summed E-state index contributed by atoms with van der Waals surface area (Å²) in [7, 11) is 0. The number of thioether (sulfide) groups is 1. The van der Waals surface area contributed by atoms with Gasteiger partial charge in [-0.3, -0.25) is 14.5 Å². The molecule has 1 amide bonds. The standard InChI is InChI=1S/C33H29N5O4S2/c1-5-16-42-24-10-6-9-23(17-24)27-25(28(39)26-21(4)37-15-7-8-20(3)30(37)34-26)29(40)31(41)38(27)32-35-36-33(44-32)43-18-22-13-11-19(2)12-14-22/h5-15,17,27,39H,1,16,18H2,2-4H3/b28-25+. The van der Waals surface area contributed by atoms with Gasteiger partial charge in [0.15, 0.2) is 10.1 Å². The number of pyridine rings is 1. The number of hydrogen-bond acceptors (Lipinski definition) is 9. The third-order valence-corrected chi connectivity index (χ3v) is 9.51. The number of nitrogens with zero attached hydrogens (tertiary/aromatic N) is 5. The van der Waals surface area contributed by atoms with E-state index < -0.39 is 17.7 Å². The number of carbonyl (C=O) groups excluding carboxylic acids is 2. The van der Waals surface area contributed by atoms with Crippen LogP contribution in [-0.4, -0.2) is 43.0 Å². The Kier molecular flexibility index (Phi) is 8.07. The first-order chi connectivity index (χ1) is 21.3. The van der Waals surface area contributed by atoms with Crippen LogP contribution in [0.5, 0.6) is 5.75 Å². The molecule has 5 aromatic rings. The van der Waals surface area contributed by atoms with Crippen LogP contribution in [0, 0.1) is 20.8 Å². The van der Waals surface area contributed by atoms with Gasteiger partial charge >= 0.3 is 5.91 Å². The number of hydrogen-bond donors (Lipinski definition) is 1. The predicted octanol–water partition coefficient (Wildman–Crippen LogP) is 6.59. The largest absolute Gasteiger partial charge is 0.505 e. The third-order valence-electron chi connectivity index (χ3n) is 7.38. The second-order valence-corrected chi connectivity index (χ2v) is 12.6. The SMILES string of the molecule is C=CCOc1cccc(C2/C(=C(\O)c3nc4c(C)cccn4c3C)C(=O)C(=O)N2c2nnc(SCc3ccc(C)cc3)s2)c1. The van der Waals surface area contributed by atoms with E-state index in [1.165, 1.54) is 33.6 Å². The fourth-order valence-corrected chi connectivity index (χ4v) is 6.96. The number of anilines is 1. The van der Waals surface area contributed by atoms with Crippen LogP contribution in [0.3, 0.4) is 0 Å². The van der Waals surface area contributed by atoms with E-state index in [0.29, 0.717) is 32.7 Å². The molecule has 1 saturated heterocycles. The van der Waals surface area contributed by atoms with Crippen LogP contribution >= 0.6 is 23.1 Å². The summed E-state index contributed by atoms with van der Waals surface area (Å²) in [6, 6.07) is 18.1. The molecule has 6 rings (SSSR count). The summed E-state index contributed by atoms with van der Waals surface area (Å²) in [6.07, 6.45) is 3.47. The van der Waals surface area contributed by atoms with Crippen LogP contribution in [0.15, 0.2) is 89.4 Å². The topological polar surface area (TPSA) is 110 Å². The van der Waals surface area contributed by atoms with Crippen LogP contribution in [0.4, 0.5) is 5.13 Å². The van der Waals surface area contributed by atoms with E-state index >= 15 is 0 Å². The maximum Gasteiger partial charge on any atom is 0.301 e. The van der Waals surface area contributed by atoms with E-state index in [1.54, 1.807) is 30.3 Å². The first-order valence-corrected chi connectivity index (χ1v) is 15.7. The number of imidazole rings is 1. The van der Waals surface area contributed by atoms with Crippen molar-refractivity contribution < 1.29 is 19.4 Å². The Morgan fingerprint density at radius 1 is 1.09 bits per heavy atom. The van der Waals surface area contributed by atoms with Crippen molar-refractivity contribution in [1.82, 2.24) is 19.6 Å². The molecule has 0 radical (unpaired) electrons. The molecule has 0 saturated carbocycles. The number of ketones is 1. The van der Waals surface area contributed by atoms with E-state index in [4.69, 9.17) is 4.74 Å². The fourth-order valence-electron chi connectivity index (χ4n) is 5.14. The zero-order valence-corrected chi connectivity index (χ0v) is 26.0. The summed E-state index contributed by atoms with van der Waals surface area (Å²) in [4.78, 5) is 33.4. The number of aliphatic hydroxyl groups excluding tert-OH is 1. The molecular weight excluding hydrogens is 595 g/mol. The molecule has 9 nitrogen and oxygen atoms in total. The van der Waals surface area contributed by atoms with Gasteiger partial charge < -0.3 is 14.2 Å². The molecule has 44 heavy (non-hydrogen) atoms. The van der Waals surface area contributed by atoms with Crippen molar-refractivity contribution in [2.75, 3.05) is 11.5 Å². The Hall–Kier alpha value is -4.74. The van der Waals surface area contributed by atoms with E-state index in [2.05, 4.69) is 46.0 Å². The highest BCUT2D eigenvalue weighted by atomic mass is 32.2. The van der Waals surface area contributed by atoms with Gasteiger partial charge in [-0.1, -0.05) is 83.8 Å². The Balaban J connectivity index is 1.44. The molecule has 2 aromatic carbocycles. The number of aromatic nitrogens is 4. The fraction of sp³-hybridized carbons (Fsp3) is 0.182. The minimum Gasteiger partial charge on any atom is -0.505 e. The lowest BCUT2D eigenvalue weighted by Crippen LogP contribution is -2.29. The predicted molar refractivity (Wildman–Crippen MR) is 172 cm³/mol. The van der Waals surface area contributed by atoms with E-state index in [9.17, 15) is 14.7 Å². The van der Waals surface area contributed by atoms with Gasteiger partial charge in [-0.05, 0) is 55.7 Å². The van der Waals surface area contributed by atoms with Crippen molar-refractivity contribution in [1.29, 1.82) is 0 Å². The van der Waals surface area contributed by atoms with Crippen LogP contribution in [0.1, 0.15) is 39.7 Å². The quantitative estimate of drug-likeness (QED) is 0.0489. The number of amides is 1. The van der Waals surface area contributed by atoms with E-state index in [1.807, 2.05) is 43.5 Å². The second-order valence-electron chi connectivity index (χ2n) is 10.4. The molecular formula is C33H29N5O4S2. The van der Waals surface area contributed by atoms with Gasteiger partial charge in [0, 0.05) is 11.9 Å². The number of ether oxygens (including phenoxy) is 1. The van der Waals surface area contributed by atoms with Gasteiger partial charge in [0.05, 0.1) is 17.3 Å². The van der Waals surface area contributed by atoms with Gasteiger partial charge in [-0.2, -0.15) is 0 Å². The van der Waals surface area contributed by atoms with Crippen molar-refractivity contribution in [3.63, 3.8) is 0 Å². The van der Waals surface area contributed by atoms with Crippen molar-refractivity contribution in [3.8, 4) is 5.75 Å². The number of aryl methyl sites for hydroxylation is 3. The molecule has 1 aliphatic rings. The average molecular weight is 624 g/mol. The molecule has 0 spiro atoms. The van der Waals surface area contributed by atoms with Crippen molar-refractivity contribution >= 4 is 51.3 Å². The molecule has 0 aliphatic carbocycles. The number of rotatable bonds is 9. The third kappa shape index (κ3) is 5.40. The Labute approximate surface area is 262 Å². The highest BCUT2D eigenvalue weighted by Gasteiger charge is 2.49.